The number of piperidine rings is 4. The van der Waals surface area contributed by atoms with Gasteiger partial charge >= 0.3 is 6.55 Å². The maximum Gasteiger partial charge on any atom is 0.333 e. The lowest BCUT2D eigenvalue weighted by Crippen LogP contribution is -2.32. The largest absolute Gasteiger partial charge is 0.508 e. The molecule has 4 aliphatic carbocycles. The van der Waals surface area contributed by atoms with Crippen molar-refractivity contribution in [1.82, 2.24) is 105 Å². The molecule has 18 aromatic rings. The molecule has 4 aliphatic heterocycles. The van der Waals surface area contributed by atoms with Crippen molar-refractivity contribution in [2.24, 2.45) is 70.3 Å². The van der Waals surface area contributed by atoms with Crippen molar-refractivity contribution in [2.75, 3.05) is 98.1 Å². The van der Waals surface area contributed by atoms with Gasteiger partial charge in [0.25, 0.3) is 0 Å². The number of phenolic OH excluding ortho intramolecular Hbond substituents is 1. The molecule has 702 valence electrons. The first kappa shape index (κ1) is 88.0. The van der Waals surface area contributed by atoms with Crippen LogP contribution >= 0.6 is 11.6 Å². The topological polar surface area (TPSA) is 403 Å². The zero-order valence-electron chi connectivity index (χ0n) is 74.2. The lowest BCUT2D eigenvalue weighted by Gasteiger charge is -2.26. The Morgan fingerprint density at radius 3 is 1.25 bits per heavy atom. The fourth-order valence-electron chi connectivity index (χ4n) is 23.5. The predicted molar refractivity (Wildman–Crippen MR) is 507 cm³/mol. The first-order valence-corrected chi connectivity index (χ1v) is 46.3. The van der Waals surface area contributed by atoms with Gasteiger partial charge < -0.3 is 47.6 Å². The molecule has 11 aromatic heterocycles. The fourth-order valence-corrected chi connectivity index (χ4v) is 23.8. The summed E-state index contributed by atoms with van der Waals surface area (Å²) in [5, 5.41) is 47.1. The van der Waals surface area contributed by atoms with E-state index in [0.29, 0.717) is 180 Å². The second-order valence-electron chi connectivity index (χ2n) is 36.8. The third-order valence-corrected chi connectivity index (χ3v) is 30.9. The number of aromatic hydroxyl groups is 1. The van der Waals surface area contributed by atoms with Crippen LogP contribution in [0, 0.1) is 94.1 Å². The number of hydrogen-bond acceptors (Lipinski definition) is 24. The van der Waals surface area contributed by atoms with Crippen molar-refractivity contribution >= 4 is 96.1 Å². The van der Waals surface area contributed by atoms with Crippen LogP contribution in [0.1, 0.15) is 65.7 Å². The summed E-state index contributed by atoms with van der Waals surface area (Å²) in [6.07, 6.45) is 15.1. The summed E-state index contributed by atoms with van der Waals surface area (Å²) in [5.41, 5.74) is 35.8. The van der Waals surface area contributed by atoms with E-state index in [1.165, 1.54) is 55.0 Å². The third-order valence-electron chi connectivity index (χ3n) is 30.5. The SMILES string of the molecule is NC[C@]1(c2ccccc2F)[C@@H]2CCN(c3cnc4c(-c5ccc(O)cc5F)n[nH]c4n3)C[C@@H]21.NC[C@]1(c2ccccc2F)[C@@H]2CCN(c3cnc4c(-c5ccc6nn(C(F)F)cc6c5Cl)n[nH]c4n3)C[C@@H]21.NC[C@]1(c2ccccc2F)[C@@H]2CCN(c3cnc4c(-c5ccn6ncnc6c5)n[nH]c4n3)C[C@@H]21.NC[C@]1(c2ccccc2F)[C@@H]2CCN(c3cnc4c(C#Cc5ccccc5F)n[nH]c4n3)C[C@@H]21. The number of hydrogen-bond donors (Lipinski definition) is 9. The number of nitrogens with two attached hydrogens (primary N) is 4. The quantitative estimate of drug-likeness (QED) is 0.0320. The van der Waals surface area contributed by atoms with E-state index >= 15 is 0 Å². The highest BCUT2D eigenvalue weighted by atomic mass is 35.5. The molecule has 30 nitrogen and oxygen atoms in total. The first-order chi connectivity index (χ1) is 67.7. The van der Waals surface area contributed by atoms with Crippen LogP contribution in [-0.2, 0) is 21.7 Å². The number of halogens is 9. The Balaban J connectivity index is 0.000000104. The highest BCUT2D eigenvalue weighted by Gasteiger charge is 2.70. The van der Waals surface area contributed by atoms with Crippen molar-refractivity contribution in [3.05, 3.63) is 281 Å². The third kappa shape index (κ3) is 14.7. The number of benzene rings is 7. The molecule has 4 saturated heterocycles. The van der Waals surface area contributed by atoms with Gasteiger partial charge in [0.05, 0.1) is 40.9 Å². The summed E-state index contributed by atoms with van der Waals surface area (Å²) in [5.74, 6) is 9.21. The molecule has 15 heterocycles. The zero-order chi connectivity index (χ0) is 95.1. The van der Waals surface area contributed by atoms with Crippen molar-refractivity contribution < 1.29 is 40.2 Å². The average Bonchev–Trinajstić information content (AvgIpc) is 1.54. The summed E-state index contributed by atoms with van der Waals surface area (Å²) in [6.45, 7) is 5.00. The summed E-state index contributed by atoms with van der Waals surface area (Å²) >= 11 is 6.58. The molecule has 13 N–H and O–H groups in total. The van der Waals surface area contributed by atoms with Crippen LogP contribution in [0.4, 0.5) is 58.4 Å². The molecule has 7 aromatic carbocycles. The van der Waals surface area contributed by atoms with Crippen molar-refractivity contribution in [2.45, 2.75) is 53.9 Å². The van der Waals surface area contributed by atoms with Gasteiger partial charge in [0.2, 0.25) is 0 Å². The number of pyridine rings is 1. The number of fused-ring (bicyclic) bond motifs is 10. The Labute approximate surface area is 791 Å². The molecule has 0 spiro atoms. The Hall–Kier alpha value is -15.0. The van der Waals surface area contributed by atoms with Gasteiger partial charge in [-0.25, -0.2) is 80.4 Å². The number of aromatic nitrogens is 21. The molecule has 8 fully saturated rings. The van der Waals surface area contributed by atoms with Gasteiger partial charge in [-0.2, -0.15) is 39.4 Å². The molecular weight excluding hydrogens is 1810 g/mol. The average molecular weight is 1900 g/mol. The number of H-pyrrole nitrogens is 4. The fraction of sp³-hybridized carbons (Fsp3) is 0.290. The number of phenols is 1. The van der Waals surface area contributed by atoms with Crippen LogP contribution in [0.5, 0.6) is 5.75 Å². The van der Waals surface area contributed by atoms with Crippen molar-refractivity contribution in [3.63, 3.8) is 0 Å². The number of rotatable bonds is 16. The molecule has 4 saturated carbocycles. The van der Waals surface area contributed by atoms with Crippen molar-refractivity contribution in [1.29, 1.82) is 0 Å². The van der Waals surface area contributed by atoms with Gasteiger partial charge in [-0.1, -0.05) is 102 Å². The highest BCUT2D eigenvalue weighted by Crippen LogP contribution is 2.67. The molecule has 0 amide bonds. The minimum atomic E-state index is -2.76. The van der Waals surface area contributed by atoms with E-state index in [0.717, 1.165) is 111 Å². The van der Waals surface area contributed by atoms with Gasteiger partial charge in [-0.05, 0) is 174 Å². The summed E-state index contributed by atoms with van der Waals surface area (Å²) in [4.78, 5) is 50.3. The maximum absolute atomic E-state index is 14.7. The highest BCUT2D eigenvalue weighted by molar-refractivity contribution is 6.38. The smallest absolute Gasteiger partial charge is 0.333 e. The standard InChI is InChI=1S/C26H22ClF3N8.C26H22F2N6.C24H22F2N6O.C24H22FN9/c27-21-13(5-6-19-14(21)10-38(36-19)25(29)30)22-23-24(35-34-22)33-20(9-32-23)37-8-7-15-17(11-37)26(15,12-31)16-3-1-2-4-18(16)28;27-20-7-3-1-5-16(20)9-10-22-24-25(33-32-22)31-23(13-30-24)34-12-11-17-19(14-34)26(17,15-29)18-6-2-4-8-21(18)28;25-18-4-2-1-3-16(18)24(12-27)15-7-8-32(11-17(15)24)20-10-28-22-21(30-31-23(22)29-20)14-6-5-13(33)9-19(14)26;25-18-4-2-1-3-16(18)24(12-26)15-6-7-33(11-17(15)24)20-10-27-22-21(31-32-23(22)30-20)14-5-8-34-19(9-14)28-13-29-34/h1-6,9-10,15,17,25H,7-8,11-12,31H2,(H,33,34,35);1-8,13,17,19H,11-12,14-15,29H2,(H,31,32,33);1-6,9-10,15,17,33H,7-8,11-12,27H2,(H,29,30,31);1-5,8-10,13,15,17H,6-7,11-12,26H2,(H,30,31,32)/t15-,17+,26-;17-,19+,26-;2*15-,17+,24-/m1111/s1. The van der Waals surface area contributed by atoms with Gasteiger partial charge in [-0.3, -0.25) is 20.4 Å². The van der Waals surface area contributed by atoms with Crippen LogP contribution < -0.4 is 42.5 Å². The Kier molecular flexibility index (Phi) is 21.9. The van der Waals surface area contributed by atoms with Crippen LogP contribution in [0.25, 0.3) is 95.0 Å². The normalized spacial score (nSPS) is 23.6. The molecule has 26 rings (SSSR count). The van der Waals surface area contributed by atoms with E-state index in [2.05, 4.69) is 107 Å². The Bertz CT molecular complexity index is 7900. The van der Waals surface area contributed by atoms with Gasteiger partial charge in [0.15, 0.2) is 33.9 Å². The van der Waals surface area contributed by atoms with Gasteiger partial charge in [0.1, 0.15) is 109 Å². The lowest BCUT2D eigenvalue weighted by atomic mass is 9.91. The van der Waals surface area contributed by atoms with E-state index < -0.39 is 12.4 Å². The van der Waals surface area contributed by atoms with Crippen LogP contribution in [0.3, 0.4) is 0 Å². The van der Waals surface area contributed by atoms with Crippen LogP contribution in [0.15, 0.2) is 207 Å². The molecule has 8 aliphatic rings. The number of aromatic amines is 4. The second-order valence-corrected chi connectivity index (χ2v) is 37.2. The van der Waals surface area contributed by atoms with Crippen LogP contribution in [-0.4, -0.2) is 189 Å². The van der Waals surface area contributed by atoms with E-state index in [4.69, 9.17) is 54.5 Å². The van der Waals surface area contributed by atoms with E-state index in [1.54, 1.807) is 83.9 Å². The Morgan fingerprint density at radius 1 is 0.424 bits per heavy atom. The summed E-state index contributed by atoms with van der Waals surface area (Å²) in [6, 6.07) is 45.3. The number of alkyl halides is 2. The Morgan fingerprint density at radius 2 is 0.820 bits per heavy atom. The molecule has 0 bridgehead atoms. The lowest BCUT2D eigenvalue weighted by molar-refractivity contribution is 0.0573. The molecular formula is C100H88ClF8N29O. The number of nitrogens with zero attached hydrogens (tertiary/aromatic N) is 21. The van der Waals surface area contributed by atoms with Crippen molar-refractivity contribution in [3.8, 4) is 51.4 Å². The molecule has 0 unspecified atom stereocenters. The summed E-state index contributed by atoms with van der Waals surface area (Å²) < 4.78 is 115. The zero-order valence-corrected chi connectivity index (χ0v) is 74.9. The monoisotopic (exact) mass is 1900 g/mol. The first-order valence-electron chi connectivity index (χ1n) is 45.9. The number of anilines is 4. The van der Waals surface area contributed by atoms with Gasteiger partial charge in [-0.15, -0.1) is 0 Å². The number of nitrogens with one attached hydrogen (secondary N) is 4. The van der Waals surface area contributed by atoms with E-state index in [9.17, 15) is 40.2 Å². The minimum Gasteiger partial charge on any atom is -0.508 e. The predicted octanol–water partition coefficient (Wildman–Crippen LogP) is 14.2. The maximum atomic E-state index is 14.7. The van der Waals surface area contributed by atoms with E-state index in [1.807, 2.05) is 66.9 Å². The van der Waals surface area contributed by atoms with Crippen LogP contribution in [0.2, 0.25) is 5.02 Å². The minimum absolute atomic E-state index is 0.156. The summed E-state index contributed by atoms with van der Waals surface area (Å²) in [7, 11) is 0. The molecule has 12 atom stereocenters. The molecule has 139 heavy (non-hydrogen) atoms. The second kappa shape index (κ2) is 34.6. The van der Waals surface area contributed by atoms with E-state index in [-0.39, 0.29) is 84.8 Å². The molecule has 0 radical (unpaired) electrons. The van der Waals surface area contributed by atoms with Gasteiger partial charge in [0, 0.05) is 141 Å². The molecule has 39 heteroatoms.